The molecule has 0 bridgehead atoms. The fraction of sp³-hybridized carbons (Fsp3) is 0.683. The average Bonchev–Trinajstić information content (AvgIpc) is 3.31. The van der Waals surface area contributed by atoms with Crippen molar-refractivity contribution in [1.29, 1.82) is 0 Å². The standard InChI is InChI=1S/C60H100O6/c1-4-7-10-13-16-18-20-22-24-26-27-28-29-30-31-32-33-34-36-37-39-41-44-47-50-53-59(62)65-56-57(55-64-58(61)52-49-46-43-15-12-9-6-3)66-60(63)54-51-48-45-42-40-38-35-25-23-21-19-17-14-11-8-5-2/h7,10,16,18,22,24-25,27-28,30-31,33-35,37,39,57H,4-6,8-9,11-15,17,19-21,23,26,29,32,36,38,40-56H2,1-3H3/b10-7-,18-16-,24-22-,28-27-,31-30-,34-33-,35-25-,39-37-. The number of ether oxygens (including phenoxy) is 3. The van der Waals surface area contributed by atoms with Gasteiger partial charge in [-0.15, -0.1) is 0 Å². The van der Waals surface area contributed by atoms with E-state index in [4.69, 9.17) is 14.2 Å². The molecule has 0 aromatic rings. The van der Waals surface area contributed by atoms with Gasteiger partial charge in [0, 0.05) is 19.3 Å². The van der Waals surface area contributed by atoms with Crippen LogP contribution in [0.15, 0.2) is 97.2 Å². The SMILES string of the molecule is CC/C=C\C/C=C\C/C=C\C/C=C\C/C=C\C/C=C\C/C=C\CCCCCC(=O)OCC(COC(=O)CCCCCCCCC)OC(=O)CCCCCCC/C=C\CCCCCCCCC. The molecule has 0 N–H and O–H groups in total. The Morgan fingerprint density at radius 3 is 0.955 bits per heavy atom. The molecule has 0 saturated heterocycles. The van der Waals surface area contributed by atoms with Crippen molar-refractivity contribution in [3.63, 3.8) is 0 Å². The highest BCUT2D eigenvalue weighted by Gasteiger charge is 2.19. The summed E-state index contributed by atoms with van der Waals surface area (Å²) in [4.78, 5) is 37.9. The van der Waals surface area contributed by atoms with Gasteiger partial charge in [-0.2, -0.15) is 0 Å². The van der Waals surface area contributed by atoms with E-state index in [1.54, 1.807) is 0 Å². The van der Waals surface area contributed by atoms with E-state index in [2.05, 4.69) is 118 Å². The molecule has 376 valence electrons. The van der Waals surface area contributed by atoms with E-state index in [-0.39, 0.29) is 31.1 Å². The number of esters is 3. The van der Waals surface area contributed by atoms with Crippen molar-refractivity contribution in [3.8, 4) is 0 Å². The van der Waals surface area contributed by atoms with E-state index in [1.807, 2.05) is 0 Å². The van der Waals surface area contributed by atoms with Crippen LogP contribution < -0.4 is 0 Å². The van der Waals surface area contributed by atoms with E-state index < -0.39 is 6.10 Å². The lowest BCUT2D eigenvalue weighted by Crippen LogP contribution is -2.30. The Morgan fingerprint density at radius 1 is 0.318 bits per heavy atom. The number of carbonyl (C=O) groups excluding carboxylic acids is 3. The first-order chi connectivity index (χ1) is 32.5. The van der Waals surface area contributed by atoms with Gasteiger partial charge in [0.05, 0.1) is 0 Å². The third-order valence-electron chi connectivity index (χ3n) is 11.3. The number of unbranched alkanes of at least 4 members (excludes halogenated alkanes) is 21. The number of allylic oxidation sites excluding steroid dienone is 16. The smallest absolute Gasteiger partial charge is 0.306 e. The van der Waals surface area contributed by atoms with Gasteiger partial charge in [0.15, 0.2) is 6.10 Å². The molecule has 1 atom stereocenters. The van der Waals surface area contributed by atoms with Crippen molar-refractivity contribution < 1.29 is 28.6 Å². The van der Waals surface area contributed by atoms with E-state index in [9.17, 15) is 14.4 Å². The molecule has 1 unspecified atom stereocenters. The van der Waals surface area contributed by atoms with Gasteiger partial charge in [0.2, 0.25) is 0 Å². The van der Waals surface area contributed by atoms with E-state index in [0.717, 1.165) is 122 Å². The van der Waals surface area contributed by atoms with Gasteiger partial charge < -0.3 is 14.2 Å². The molecular weight excluding hydrogens is 817 g/mol. The topological polar surface area (TPSA) is 78.9 Å². The van der Waals surface area contributed by atoms with E-state index >= 15 is 0 Å². The highest BCUT2D eigenvalue weighted by molar-refractivity contribution is 5.71. The first-order valence-electron chi connectivity index (χ1n) is 27.2. The van der Waals surface area contributed by atoms with Gasteiger partial charge in [-0.1, -0.05) is 221 Å². The zero-order valence-corrected chi connectivity index (χ0v) is 42.9. The largest absolute Gasteiger partial charge is 0.462 e. The summed E-state index contributed by atoms with van der Waals surface area (Å²) in [5, 5.41) is 0. The van der Waals surface area contributed by atoms with Crippen molar-refractivity contribution in [2.24, 2.45) is 0 Å². The molecule has 6 nitrogen and oxygen atoms in total. The minimum atomic E-state index is -0.793. The Hall–Kier alpha value is -3.67. The van der Waals surface area contributed by atoms with Crippen LogP contribution in [0.1, 0.15) is 245 Å². The zero-order chi connectivity index (χ0) is 47.9. The van der Waals surface area contributed by atoms with Crippen molar-refractivity contribution in [1.82, 2.24) is 0 Å². The summed E-state index contributed by atoms with van der Waals surface area (Å²) in [6, 6.07) is 0. The molecule has 0 aromatic heterocycles. The molecule has 0 saturated carbocycles. The van der Waals surface area contributed by atoms with E-state index in [0.29, 0.717) is 19.3 Å². The summed E-state index contributed by atoms with van der Waals surface area (Å²) in [7, 11) is 0. The molecule has 0 aromatic carbocycles. The predicted molar refractivity (Wildman–Crippen MR) is 284 cm³/mol. The molecule has 0 rings (SSSR count). The van der Waals surface area contributed by atoms with Crippen LogP contribution in [0, 0.1) is 0 Å². The Kier molecular flexibility index (Phi) is 50.9. The minimum absolute atomic E-state index is 0.0915. The fourth-order valence-electron chi connectivity index (χ4n) is 7.24. The number of hydrogen-bond acceptors (Lipinski definition) is 6. The quantitative estimate of drug-likeness (QED) is 0.0262. The van der Waals surface area contributed by atoms with Crippen molar-refractivity contribution in [2.75, 3.05) is 13.2 Å². The van der Waals surface area contributed by atoms with Crippen molar-refractivity contribution >= 4 is 17.9 Å². The molecular formula is C60H100O6. The first-order valence-corrected chi connectivity index (χ1v) is 27.2. The number of rotatable bonds is 48. The lowest BCUT2D eigenvalue weighted by molar-refractivity contribution is -0.167. The van der Waals surface area contributed by atoms with Crippen LogP contribution in [-0.2, 0) is 28.6 Å². The average molecular weight is 917 g/mol. The van der Waals surface area contributed by atoms with Crippen LogP contribution in [0.4, 0.5) is 0 Å². The summed E-state index contributed by atoms with van der Waals surface area (Å²) < 4.78 is 16.7. The Morgan fingerprint density at radius 2 is 0.591 bits per heavy atom. The van der Waals surface area contributed by atoms with Gasteiger partial charge in [-0.25, -0.2) is 0 Å². The van der Waals surface area contributed by atoms with E-state index in [1.165, 1.54) is 83.5 Å². The summed E-state index contributed by atoms with van der Waals surface area (Å²) in [5.41, 5.74) is 0. The van der Waals surface area contributed by atoms with Gasteiger partial charge in [-0.3, -0.25) is 14.4 Å². The predicted octanol–water partition coefficient (Wildman–Crippen LogP) is 18.1. The van der Waals surface area contributed by atoms with Crippen LogP contribution in [0.5, 0.6) is 0 Å². The number of carbonyl (C=O) groups is 3. The third kappa shape index (κ3) is 51.3. The number of hydrogen-bond donors (Lipinski definition) is 0. The van der Waals surface area contributed by atoms with Crippen LogP contribution >= 0.6 is 0 Å². The van der Waals surface area contributed by atoms with Gasteiger partial charge in [0.1, 0.15) is 13.2 Å². The van der Waals surface area contributed by atoms with Crippen LogP contribution in [0.2, 0.25) is 0 Å². The Balaban J connectivity index is 4.31. The molecule has 0 heterocycles. The maximum absolute atomic E-state index is 12.8. The van der Waals surface area contributed by atoms with Crippen LogP contribution in [-0.4, -0.2) is 37.2 Å². The lowest BCUT2D eigenvalue weighted by Gasteiger charge is -2.18. The molecule has 0 fully saturated rings. The second kappa shape index (κ2) is 53.9. The van der Waals surface area contributed by atoms with Crippen molar-refractivity contribution in [2.45, 2.75) is 252 Å². The summed E-state index contributed by atoms with van der Waals surface area (Å²) >= 11 is 0. The zero-order valence-electron chi connectivity index (χ0n) is 42.9. The van der Waals surface area contributed by atoms with Crippen LogP contribution in [0.3, 0.4) is 0 Å². The first kappa shape index (κ1) is 62.3. The third-order valence-corrected chi connectivity index (χ3v) is 11.3. The fourth-order valence-corrected chi connectivity index (χ4v) is 7.24. The summed E-state index contributed by atoms with van der Waals surface area (Å²) in [6.07, 6.45) is 71.3. The highest BCUT2D eigenvalue weighted by Crippen LogP contribution is 2.13. The maximum Gasteiger partial charge on any atom is 0.306 e. The molecule has 0 aliphatic heterocycles. The molecule has 66 heavy (non-hydrogen) atoms. The van der Waals surface area contributed by atoms with Gasteiger partial charge >= 0.3 is 17.9 Å². The molecule has 0 aliphatic rings. The molecule has 0 aliphatic carbocycles. The Bertz CT molecular complexity index is 1330. The lowest BCUT2D eigenvalue weighted by atomic mass is 10.1. The maximum atomic E-state index is 12.8. The minimum Gasteiger partial charge on any atom is -0.462 e. The molecule has 0 amide bonds. The summed E-state index contributed by atoms with van der Waals surface area (Å²) in [6.45, 7) is 6.44. The normalized spacial score (nSPS) is 12.8. The molecule has 0 spiro atoms. The van der Waals surface area contributed by atoms with Gasteiger partial charge in [0.25, 0.3) is 0 Å². The second-order valence-corrected chi connectivity index (χ2v) is 17.8. The molecule has 0 radical (unpaired) electrons. The highest BCUT2D eigenvalue weighted by atomic mass is 16.6. The monoisotopic (exact) mass is 917 g/mol. The van der Waals surface area contributed by atoms with Gasteiger partial charge in [-0.05, 0) is 103 Å². The molecule has 6 heteroatoms. The second-order valence-electron chi connectivity index (χ2n) is 17.8. The Labute approximate surface area is 407 Å². The summed E-state index contributed by atoms with van der Waals surface area (Å²) in [5.74, 6) is -0.942. The van der Waals surface area contributed by atoms with Crippen molar-refractivity contribution in [3.05, 3.63) is 97.2 Å². The van der Waals surface area contributed by atoms with Crippen LogP contribution in [0.25, 0.3) is 0 Å².